The molecule has 1 amide bonds. The highest BCUT2D eigenvalue weighted by Crippen LogP contribution is 2.28. The smallest absolute Gasteiger partial charge is 0.264 e. The van der Waals surface area contributed by atoms with E-state index in [0.717, 1.165) is 28.5 Å². The van der Waals surface area contributed by atoms with Gasteiger partial charge in [-0.25, -0.2) is 17.2 Å². The number of carbonyl (C=O) groups is 1. The average molecular weight is 384 g/mol. The minimum atomic E-state index is -3.49. The van der Waals surface area contributed by atoms with Crippen molar-refractivity contribution >= 4 is 33.0 Å². The van der Waals surface area contributed by atoms with E-state index in [4.69, 9.17) is 11.6 Å². The number of nitrogens with zero attached hydrogens (tertiary/aromatic N) is 1. The zero-order chi connectivity index (χ0) is 18.2. The molecular weight excluding hydrogens is 372 g/mol. The first-order chi connectivity index (χ1) is 11.8. The summed E-state index contributed by atoms with van der Waals surface area (Å²) in [5.74, 6) is -3.41. The molecule has 2 aromatic carbocycles. The Morgan fingerprint density at radius 1 is 1.12 bits per heavy atom. The van der Waals surface area contributed by atoms with Gasteiger partial charge in [0.1, 0.15) is 17.2 Å². The maximum Gasteiger partial charge on any atom is 0.264 e. The van der Waals surface area contributed by atoms with Crippen LogP contribution in [-0.2, 0) is 9.84 Å². The monoisotopic (exact) mass is 383 g/mol. The summed E-state index contributed by atoms with van der Waals surface area (Å²) >= 11 is 5.94. The van der Waals surface area contributed by atoms with Crippen LogP contribution in [0.5, 0.6) is 0 Å². The van der Waals surface area contributed by atoms with Crippen molar-refractivity contribution in [3.05, 3.63) is 76.2 Å². The van der Waals surface area contributed by atoms with Crippen molar-refractivity contribution < 1.29 is 22.0 Å². The first kappa shape index (κ1) is 17.6. The molecule has 1 aliphatic rings. The molecule has 1 heterocycles. The van der Waals surface area contributed by atoms with Gasteiger partial charge in [-0.05, 0) is 36.4 Å². The molecule has 8 heteroatoms. The van der Waals surface area contributed by atoms with Crippen LogP contribution in [0, 0.1) is 11.6 Å². The molecule has 4 nitrogen and oxygen atoms in total. The number of hydrogen-bond donors (Lipinski definition) is 0. The molecule has 2 aromatic rings. The van der Waals surface area contributed by atoms with Crippen molar-refractivity contribution in [3.8, 4) is 0 Å². The quantitative estimate of drug-likeness (QED) is 0.814. The molecule has 0 saturated carbocycles. The second kappa shape index (κ2) is 6.57. The molecule has 1 aliphatic heterocycles. The number of amides is 1. The molecule has 0 N–H and O–H groups in total. The van der Waals surface area contributed by atoms with Gasteiger partial charge in [0.15, 0.2) is 9.84 Å². The maximum atomic E-state index is 14.0. The van der Waals surface area contributed by atoms with Crippen molar-refractivity contribution in [2.75, 3.05) is 10.7 Å². The van der Waals surface area contributed by atoms with Gasteiger partial charge in [-0.2, -0.15) is 0 Å². The average Bonchev–Trinajstić information content (AvgIpc) is 2.87. The predicted octanol–water partition coefficient (Wildman–Crippen LogP) is 3.58. The molecule has 0 spiro atoms. The standard InChI is InChI=1S/C17H12ClF2NO3S/c18-11-3-1-4-12(9-11)21(13-7-8-25(23,24)10-13)17(22)16-14(19)5-2-6-15(16)20/h1-9,13H,10H2/t13-/m1/s1. The summed E-state index contributed by atoms with van der Waals surface area (Å²) in [6.07, 6.45) is 1.31. The summed E-state index contributed by atoms with van der Waals surface area (Å²) in [6.45, 7) is 0. The van der Waals surface area contributed by atoms with Gasteiger partial charge in [0, 0.05) is 16.1 Å². The van der Waals surface area contributed by atoms with Gasteiger partial charge in [0.05, 0.1) is 11.8 Å². The lowest BCUT2D eigenvalue weighted by atomic mass is 10.1. The Morgan fingerprint density at radius 2 is 1.76 bits per heavy atom. The van der Waals surface area contributed by atoms with E-state index in [1.54, 1.807) is 12.1 Å². The van der Waals surface area contributed by atoms with Crippen LogP contribution in [0.25, 0.3) is 0 Å². The van der Waals surface area contributed by atoms with Gasteiger partial charge in [-0.15, -0.1) is 0 Å². The number of sulfone groups is 1. The highest BCUT2D eigenvalue weighted by atomic mass is 35.5. The van der Waals surface area contributed by atoms with E-state index < -0.39 is 39.0 Å². The highest BCUT2D eigenvalue weighted by molar-refractivity contribution is 7.94. The summed E-state index contributed by atoms with van der Waals surface area (Å²) in [5, 5.41) is 1.29. The molecule has 0 fully saturated rings. The SMILES string of the molecule is O=C(c1c(F)cccc1F)N(c1cccc(Cl)c1)[C@@H]1C=CS(=O)(=O)C1. The van der Waals surface area contributed by atoms with E-state index in [1.165, 1.54) is 18.2 Å². The minimum Gasteiger partial charge on any atom is -0.300 e. The maximum absolute atomic E-state index is 14.0. The van der Waals surface area contributed by atoms with Crippen molar-refractivity contribution in [3.63, 3.8) is 0 Å². The molecule has 0 unspecified atom stereocenters. The highest BCUT2D eigenvalue weighted by Gasteiger charge is 2.34. The Morgan fingerprint density at radius 3 is 2.32 bits per heavy atom. The normalized spacial score (nSPS) is 18.3. The first-order valence-electron chi connectivity index (χ1n) is 7.22. The van der Waals surface area contributed by atoms with Crippen LogP contribution in [-0.4, -0.2) is 26.1 Å². The molecule has 25 heavy (non-hydrogen) atoms. The van der Waals surface area contributed by atoms with E-state index in [9.17, 15) is 22.0 Å². The van der Waals surface area contributed by atoms with E-state index in [0.29, 0.717) is 5.02 Å². The summed E-state index contributed by atoms with van der Waals surface area (Å²) in [6, 6.07) is 8.25. The van der Waals surface area contributed by atoms with Crippen LogP contribution in [0.3, 0.4) is 0 Å². The molecule has 0 aromatic heterocycles. The summed E-state index contributed by atoms with van der Waals surface area (Å²) in [5.41, 5.74) is -0.507. The van der Waals surface area contributed by atoms with Gasteiger partial charge in [-0.1, -0.05) is 23.7 Å². The van der Waals surface area contributed by atoms with Crippen LogP contribution < -0.4 is 4.90 Å². The van der Waals surface area contributed by atoms with Gasteiger partial charge >= 0.3 is 0 Å². The largest absolute Gasteiger partial charge is 0.300 e. The predicted molar refractivity (Wildman–Crippen MR) is 91.3 cm³/mol. The second-order valence-corrected chi connectivity index (χ2v) is 7.84. The summed E-state index contributed by atoms with van der Waals surface area (Å²) < 4.78 is 51.6. The first-order valence-corrected chi connectivity index (χ1v) is 9.32. The Kier molecular flexibility index (Phi) is 4.62. The van der Waals surface area contributed by atoms with E-state index in [1.807, 2.05) is 0 Å². The van der Waals surface area contributed by atoms with Crippen LogP contribution in [0.15, 0.2) is 53.9 Å². The fourth-order valence-corrected chi connectivity index (χ4v) is 4.08. The Bertz CT molecular complexity index is 955. The minimum absolute atomic E-state index is 0.243. The zero-order valence-corrected chi connectivity index (χ0v) is 14.3. The molecule has 0 aliphatic carbocycles. The van der Waals surface area contributed by atoms with Gasteiger partial charge in [-0.3, -0.25) is 4.79 Å². The summed E-state index contributed by atoms with van der Waals surface area (Å²) in [4.78, 5) is 13.9. The lowest BCUT2D eigenvalue weighted by molar-refractivity contribution is 0.0975. The molecule has 130 valence electrons. The molecule has 0 radical (unpaired) electrons. The Balaban J connectivity index is 2.12. The van der Waals surface area contributed by atoms with Crippen molar-refractivity contribution in [2.24, 2.45) is 0 Å². The number of anilines is 1. The number of benzene rings is 2. The van der Waals surface area contributed by atoms with Gasteiger partial charge in [0.25, 0.3) is 5.91 Å². The van der Waals surface area contributed by atoms with Crippen LogP contribution >= 0.6 is 11.6 Å². The van der Waals surface area contributed by atoms with Crippen molar-refractivity contribution in [1.82, 2.24) is 0 Å². The van der Waals surface area contributed by atoms with E-state index >= 15 is 0 Å². The molecular formula is C17H12ClF2NO3S. The fraction of sp³-hybridized carbons (Fsp3) is 0.118. The summed E-state index contributed by atoms with van der Waals surface area (Å²) in [7, 11) is -3.49. The lowest BCUT2D eigenvalue weighted by Crippen LogP contribution is -2.42. The lowest BCUT2D eigenvalue weighted by Gasteiger charge is -2.28. The third kappa shape index (κ3) is 3.57. The van der Waals surface area contributed by atoms with Crippen LogP contribution in [0.4, 0.5) is 14.5 Å². The molecule has 0 bridgehead atoms. The fourth-order valence-electron chi connectivity index (χ4n) is 2.63. The van der Waals surface area contributed by atoms with E-state index in [-0.39, 0.29) is 11.4 Å². The topological polar surface area (TPSA) is 54.5 Å². The molecule has 3 rings (SSSR count). The van der Waals surface area contributed by atoms with Gasteiger partial charge < -0.3 is 4.90 Å². The third-order valence-electron chi connectivity index (χ3n) is 3.72. The van der Waals surface area contributed by atoms with Crippen LogP contribution in [0.1, 0.15) is 10.4 Å². The molecule has 1 atom stereocenters. The number of halogens is 3. The number of hydrogen-bond acceptors (Lipinski definition) is 3. The van der Waals surface area contributed by atoms with E-state index in [2.05, 4.69) is 0 Å². The van der Waals surface area contributed by atoms with Crippen molar-refractivity contribution in [1.29, 1.82) is 0 Å². The van der Waals surface area contributed by atoms with Crippen molar-refractivity contribution in [2.45, 2.75) is 6.04 Å². The van der Waals surface area contributed by atoms with Gasteiger partial charge in [0.2, 0.25) is 0 Å². The second-order valence-electron chi connectivity index (χ2n) is 5.48. The zero-order valence-electron chi connectivity index (χ0n) is 12.7. The number of carbonyl (C=O) groups excluding carboxylic acids is 1. The Labute approximate surface area is 148 Å². The molecule has 0 saturated heterocycles. The Hall–Kier alpha value is -2.25. The number of rotatable bonds is 3. The third-order valence-corrected chi connectivity index (χ3v) is 5.34. The van der Waals surface area contributed by atoms with Crippen LogP contribution in [0.2, 0.25) is 5.02 Å².